The Morgan fingerprint density at radius 1 is 1.18 bits per heavy atom. The van der Waals surface area contributed by atoms with E-state index in [4.69, 9.17) is 4.74 Å². The number of rotatable bonds is 6. The number of methoxy groups -OCH3 is 1. The summed E-state index contributed by atoms with van der Waals surface area (Å²) in [4.78, 5) is 16.3. The number of ether oxygens (including phenoxy) is 1. The van der Waals surface area contributed by atoms with Gasteiger partial charge in [0.2, 0.25) is 0 Å². The average Bonchev–Trinajstić information content (AvgIpc) is 2.73. The molecule has 0 aliphatic heterocycles. The number of hydrogen-bond acceptors (Lipinski definition) is 5. The lowest BCUT2D eigenvalue weighted by Crippen LogP contribution is -2.38. The van der Waals surface area contributed by atoms with Crippen LogP contribution >= 0.6 is 0 Å². The number of hydrogen-bond donors (Lipinski definition) is 2. The maximum atomic E-state index is 13.0. The molecule has 1 aliphatic carbocycles. The zero-order chi connectivity index (χ0) is 20.0. The third kappa shape index (κ3) is 4.88. The number of urea groups is 1. The van der Waals surface area contributed by atoms with Crippen LogP contribution in [0.25, 0.3) is 0 Å². The summed E-state index contributed by atoms with van der Waals surface area (Å²) >= 11 is 0. The average molecular weight is 404 g/mol. The Hall–Kier alpha value is -2.45. The molecule has 1 heterocycles. The molecule has 0 bridgehead atoms. The molecule has 7 nitrogen and oxygen atoms in total. The SMILES string of the molecule is COC1CCCCC1S(=O)(=O)c1ccc(NC(=O)NCc2cccnc2)cc1. The number of benzene rings is 1. The van der Waals surface area contributed by atoms with Gasteiger partial charge in [-0.2, -0.15) is 0 Å². The lowest BCUT2D eigenvalue weighted by molar-refractivity contribution is 0.0738. The summed E-state index contributed by atoms with van der Waals surface area (Å²) < 4.78 is 31.3. The van der Waals surface area contributed by atoms with Crippen LogP contribution in [0.15, 0.2) is 53.7 Å². The van der Waals surface area contributed by atoms with Crippen LogP contribution in [0, 0.1) is 0 Å². The second kappa shape index (κ2) is 9.16. The number of sulfone groups is 1. The summed E-state index contributed by atoms with van der Waals surface area (Å²) in [7, 11) is -1.91. The van der Waals surface area contributed by atoms with Gasteiger partial charge in [0.1, 0.15) is 0 Å². The van der Waals surface area contributed by atoms with Gasteiger partial charge in [-0.05, 0) is 48.7 Å². The van der Waals surface area contributed by atoms with Crippen molar-refractivity contribution in [1.82, 2.24) is 10.3 Å². The van der Waals surface area contributed by atoms with Gasteiger partial charge in [-0.25, -0.2) is 13.2 Å². The summed E-state index contributed by atoms with van der Waals surface area (Å²) in [6.45, 7) is 0.353. The van der Waals surface area contributed by atoms with E-state index >= 15 is 0 Å². The summed E-state index contributed by atoms with van der Waals surface area (Å²) in [6, 6.07) is 9.56. The quantitative estimate of drug-likeness (QED) is 0.772. The largest absolute Gasteiger partial charge is 0.380 e. The number of carbonyl (C=O) groups is 1. The molecular weight excluding hydrogens is 378 g/mol. The second-order valence-corrected chi connectivity index (χ2v) is 9.00. The molecule has 1 aliphatic rings. The van der Waals surface area contributed by atoms with E-state index in [1.165, 1.54) is 12.1 Å². The van der Waals surface area contributed by atoms with E-state index in [1.54, 1.807) is 37.7 Å². The smallest absolute Gasteiger partial charge is 0.319 e. The highest BCUT2D eigenvalue weighted by Crippen LogP contribution is 2.31. The van der Waals surface area contributed by atoms with Crippen molar-refractivity contribution in [2.75, 3.05) is 12.4 Å². The first-order chi connectivity index (χ1) is 13.5. The highest BCUT2D eigenvalue weighted by atomic mass is 32.2. The van der Waals surface area contributed by atoms with Gasteiger partial charge in [0.15, 0.2) is 9.84 Å². The first-order valence-electron chi connectivity index (χ1n) is 9.31. The van der Waals surface area contributed by atoms with Crippen LogP contribution < -0.4 is 10.6 Å². The van der Waals surface area contributed by atoms with Crippen molar-refractivity contribution < 1.29 is 17.9 Å². The monoisotopic (exact) mass is 403 g/mol. The predicted octanol–water partition coefficient (Wildman–Crippen LogP) is 3.13. The Balaban J connectivity index is 1.61. The molecule has 28 heavy (non-hydrogen) atoms. The van der Waals surface area contributed by atoms with Gasteiger partial charge in [0.05, 0.1) is 16.2 Å². The van der Waals surface area contributed by atoms with Crippen molar-refractivity contribution in [3.05, 3.63) is 54.4 Å². The fourth-order valence-corrected chi connectivity index (χ4v) is 5.44. The molecule has 1 aromatic carbocycles. The normalized spacial score (nSPS) is 19.8. The number of carbonyl (C=O) groups excluding carboxylic acids is 1. The zero-order valence-electron chi connectivity index (χ0n) is 15.8. The van der Waals surface area contributed by atoms with Crippen LogP contribution in [0.5, 0.6) is 0 Å². The van der Waals surface area contributed by atoms with Crippen molar-refractivity contribution >= 4 is 21.6 Å². The molecule has 150 valence electrons. The number of amides is 2. The first kappa shape index (κ1) is 20.3. The van der Waals surface area contributed by atoms with Crippen LogP contribution in [0.3, 0.4) is 0 Å². The first-order valence-corrected chi connectivity index (χ1v) is 10.9. The number of nitrogens with zero attached hydrogens (tertiary/aromatic N) is 1. The molecule has 8 heteroatoms. The van der Waals surface area contributed by atoms with Gasteiger partial charge < -0.3 is 15.4 Å². The fraction of sp³-hybridized carbons (Fsp3) is 0.400. The molecule has 2 unspecified atom stereocenters. The lowest BCUT2D eigenvalue weighted by atomic mass is 9.97. The molecule has 0 spiro atoms. The molecule has 2 amide bonds. The Morgan fingerprint density at radius 3 is 2.61 bits per heavy atom. The minimum atomic E-state index is -3.48. The molecule has 2 aromatic rings. The molecular formula is C20H25N3O4S. The lowest BCUT2D eigenvalue weighted by Gasteiger charge is -2.30. The minimum absolute atomic E-state index is 0.253. The minimum Gasteiger partial charge on any atom is -0.380 e. The predicted molar refractivity (Wildman–Crippen MR) is 107 cm³/mol. The molecule has 1 saturated carbocycles. The van der Waals surface area contributed by atoms with Crippen LogP contribution in [0.4, 0.5) is 10.5 Å². The summed E-state index contributed by atoms with van der Waals surface area (Å²) in [6.07, 6.45) is 6.33. The van der Waals surface area contributed by atoms with Crippen LogP contribution in [-0.4, -0.2) is 37.9 Å². The van der Waals surface area contributed by atoms with Crippen LogP contribution in [-0.2, 0) is 21.1 Å². The number of anilines is 1. The van der Waals surface area contributed by atoms with Gasteiger partial charge in [0.25, 0.3) is 0 Å². The van der Waals surface area contributed by atoms with Gasteiger partial charge in [0, 0.05) is 31.7 Å². The third-order valence-electron chi connectivity index (χ3n) is 4.96. The van der Waals surface area contributed by atoms with Crippen molar-refractivity contribution in [1.29, 1.82) is 0 Å². The number of pyridine rings is 1. The zero-order valence-corrected chi connectivity index (χ0v) is 16.6. The number of aromatic nitrogens is 1. The molecule has 0 saturated heterocycles. The Labute approximate surface area is 165 Å². The van der Waals surface area contributed by atoms with E-state index in [0.717, 1.165) is 24.8 Å². The Kier molecular flexibility index (Phi) is 6.64. The van der Waals surface area contributed by atoms with E-state index in [9.17, 15) is 13.2 Å². The highest BCUT2D eigenvalue weighted by molar-refractivity contribution is 7.92. The van der Waals surface area contributed by atoms with Crippen molar-refractivity contribution in [3.8, 4) is 0 Å². The van der Waals surface area contributed by atoms with E-state index in [-0.39, 0.29) is 17.0 Å². The molecule has 0 radical (unpaired) electrons. The summed E-state index contributed by atoms with van der Waals surface area (Å²) in [5.74, 6) is 0. The molecule has 2 N–H and O–H groups in total. The van der Waals surface area contributed by atoms with Gasteiger partial charge in [-0.1, -0.05) is 18.9 Å². The van der Waals surface area contributed by atoms with Gasteiger partial charge in [-0.3, -0.25) is 4.98 Å². The van der Waals surface area contributed by atoms with E-state index in [2.05, 4.69) is 15.6 Å². The van der Waals surface area contributed by atoms with Crippen molar-refractivity contribution in [2.24, 2.45) is 0 Å². The third-order valence-corrected chi connectivity index (χ3v) is 7.23. The molecule has 3 rings (SSSR count). The van der Waals surface area contributed by atoms with Gasteiger partial charge >= 0.3 is 6.03 Å². The number of nitrogens with one attached hydrogen (secondary N) is 2. The molecule has 1 fully saturated rings. The Morgan fingerprint density at radius 2 is 1.93 bits per heavy atom. The molecule has 1 aromatic heterocycles. The maximum Gasteiger partial charge on any atom is 0.319 e. The maximum absolute atomic E-state index is 13.0. The van der Waals surface area contributed by atoms with E-state index in [1.807, 2.05) is 6.07 Å². The molecule has 2 atom stereocenters. The summed E-state index contributed by atoms with van der Waals surface area (Å²) in [5, 5.41) is 4.91. The van der Waals surface area contributed by atoms with Gasteiger partial charge in [-0.15, -0.1) is 0 Å². The van der Waals surface area contributed by atoms with E-state index in [0.29, 0.717) is 18.7 Å². The Bertz CT molecular complexity index is 885. The standard InChI is InChI=1S/C20H25N3O4S/c1-27-18-6-2-3-7-19(18)28(25,26)17-10-8-16(9-11-17)23-20(24)22-14-15-5-4-12-21-13-15/h4-5,8-13,18-19H,2-3,6-7,14H2,1H3,(H2,22,23,24). The van der Waals surface area contributed by atoms with Crippen molar-refractivity contribution in [3.63, 3.8) is 0 Å². The fourth-order valence-electron chi connectivity index (χ4n) is 3.45. The highest BCUT2D eigenvalue weighted by Gasteiger charge is 2.36. The summed E-state index contributed by atoms with van der Waals surface area (Å²) in [5.41, 5.74) is 1.41. The van der Waals surface area contributed by atoms with Crippen LogP contribution in [0.1, 0.15) is 31.2 Å². The van der Waals surface area contributed by atoms with Crippen LogP contribution in [0.2, 0.25) is 0 Å². The topological polar surface area (TPSA) is 97.4 Å². The van der Waals surface area contributed by atoms with E-state index < -0.39 is 15.1 Å². The second-order valence-electron chi connectivity index (χ2n) is 6.84. The van der Waals surface area contributed by atoms with Crippen molar-refractivity contribution in [2.45, 2.75) is 48.5 Å².